The maximum Gasteiger partial charge on any atom is 0.308 e. The lowest BCUT2D eigenvalue weighted by Gasteiger charge is -2.15. The monoisotopic (exact) mass is 336 g/mol. The molecule has 0 radical (unpaired) electrons. The lowest BCUT2D eigenvalue weighted by molar-refractivity contribution is -0.141. The number of carboxylic acids is 1. The Balaban J connectivity index is 2.73. The van der Waals surface area contributed by atoms with Gasteiger partial charge in [0.05, 0.1) is 11.5 Å². The van der Waals surface area contributed by atoms with E-state index in [1.165, 1.54) is 4.90 Å². The van der Waals surface area contributed by atoms with Crippen LogP contribution in [0.2, 0.25) is 0 Å². The Kier molecular flexibility index (Phi) is 7.74. The summed E-state index contributed by atoms with van der Waals surface area (Å²) in [5.74, 6) is -1.92. The van der Waals surface area contributed by atoms with Crippen LogP contribution in [-0.2, 0) is 9.59 Å². The maximum atomic E-state index is 12.3. The van der Waals surface area contributed by atoms with E-state index in [0.717, 1.165) is 6.42 Å². The van der Waals surface area contributed by atoms with Gasteiger partial charge >= 0.3 is 5.97 Å². The molecule has 2 N–H and O–H groups in total. The van der Waals surface area contributed by atoms with E-state index in [0.29, 0.717) is 6.42 Å². The third-order valence-electron chi connectivity index (χ3n) is 3.48. The Morgan fingerprint density at radius 2 is 1.92 bits per heavy atom. The lowest BCUT2D eigenvalue weighted by Crippen LogP contribution is -2.33. The van der Waals surface area contributed by atoms with Crippen molar-refractivity contribution in [2.45, 2.75) is 19.8 Å². The summed E-state index contributed by atoms with van der Waals surface area (Å²) in [7, 11) is 3.23. The van der Waals surface area contributed by atoms with Crippen LogP contribution in [0.3, 0.4) is 0 Å². The first-order valence-corrected chi connectivity index (χ1v) is 7.79. The zero-order chi connectivity index (χ0) is 18.1. The number of para-hydroxylation sites is 1. The molecule has 132 valence electrons. The first-order chi connectivity index (χ1) is 11.4. The van der Waals surface area contributed by atoms with Crippen LogP contribution in [0.15, 0.2) is 24.3 Å². The fraction of sp³-hybridized carbons (Fsp3) is 0.471. The summed E-state index contributed by atoms with van der Waals surface area (Å²) in [5.41, 5.74) is 0.268. The number of carbonyl (C=O) groups is 3. The van der Waals surface area contributed by atoms with Gasteiger partial charge in [-0.2, -0.15) is 0 Å². The van der Waals surface area contributed by atoms with E-state index in [-0.39, 0.29) is 30.4 Å². The molecule has 0 bridgehead atoms. The van der Waals surface area contributed by atoms with Crippen LogP contribution in [0.1, 0.15) is 30.1 Å². The molecule has 0 saturated carbocycles. The third-order valence-corrected chi connectivity index (χ3v) is 3.48. The van der Waals surface area contributed by atoms with Crippen molar-refractivity contribution in [2.24, 2.45) is 5.92 Å². The normalized spacial score (nSPS) is 11.5. The smallest absolute Gasteiger partial charge is 0.308 e. The van der Waals surface area contributed by atoms with Gasteiger partial charge in [-0.15, -0.1) is 0 Å². The van der Waals surface area contributed by atoms with Gasteiger partial charge in [-0.25, -0.2) is 0 Å². The molecule has 1 rings (SSSR count). The summed E-state index contributed by atoms with van der Waals surface area (Å²) in [5, 5.41) is 11.7. The molecule has 1 aromatic carbocycles. The number of rotatable bonds is 9. The molecule has 0 heterocycles. The maximum absolute atomic E-state index is 12.3. The molecule has 0 aromatic heterocycles. The van der Waals surface area contributed by atoms with Crippen LogP contribution in [-0.4, -0.2) is 55.0 Å². The number of nitrogens with zero attached hydrogens (tertiary/aromatic N) is 1. The van der Waals surface area contributed by atoms with Crippen molar-refractivity contribution >= 4 is 17.8 Å². The van der Waals surface area contributed by atoms with Gasteiger partial charge < -0.3 is 20.1 Å². The molecule has 0 spiro atoms. The topological polar surface area (TPSA) is 95.9 Å². The molecule has 0 fully saturated rings. The van der Waals surface area contributed by atoms with Crippen molar-refractivity contribution in [1.82, 2.24) is 10.2 Å². The highest BCUT2D eigenvalue weighted by Crippen LogP contribution is 2.18. The van der Waals surface area contributed by atoms with Gasteiger partial charge in [-0.1, -0.05) is 25.5 Å². The fourth-order valence-electron chi connectivity index (χ4n) is 2.02. The molecule has 1 aromatic rings. The number of amides is 2. The minimum atomic E-state index is -0.932. The molecular formula is C17H24N2O5. The Bertz CT molecular complexity index is 586. The molecule has 0 aliphatic carbocycles. The average molecular weight is 336 g/mol. The molecule has 0 saturated heterocycles. The Morgan fingerprint density at radius 1 is 1.25 bits per heavy atom. The highest BCUT2D eigenvalue weighted by atomic mass is 16.5. The Labute approximate surface area is 141 Å². The quantitative estimate of drug-likeness (QED) is 0.710. The minimum absolute atomic E-state index is 0.0486. The zero-order valence-corrected chi connectivity index (χ0v) is 14.2. The average Bonchev–Trinajstić information content (AvgIpc) is 2.55. The number of benzene rings is 1. The summed E-state index contributed by atoms with van der Waals surface area (Å²) in [6, 6.07) is 6.54. The second kappa shape index (κ2) is 9.54. The molecular weight excluding hydrogens is 312 g/mol. The van der Waals surface area contributed by atoms with Gasteiger partial charge in [0.2, 0.25) is 0 Å². The van der Waals surface area contributed by atoms with E-state index in [9.17, 15) is 14.4 Å². The fourth-order valence-corrected chi connectivity index (χ4v) is 2.02. The predicted octanol–water partition coefficient (Wildman–Crippen LogP) is 1.38. The van der Waals surface area contributed by atoms with Crippen LogP contribution in [0.5, 0.6) is 5.75 Å². The number of hydrogen-bond donors (Lipinski definition) is 2. The van der Waals surface area contributed by atoms with E-state index in [1.54, 1.807) is 38.4 Å². The van der Waals surface area contributed by atoms with Crippen molar-refractivity contribution in [3.8, 4) is 5.75 Å². The van der Waals surface area contributed by atoms with Crippen LogP contribution in [0, 0.1) is 5.92 Å². The summed E-state index contributed by atoms with van der Waals surface area (Å²) in [4.78, 5) is 36.4. The third kappa shape index (κ3) is 5.91. The molecule has 1 atom stereocenters. The largest absolute Gasteiger partial charge is 0.483 e. The highest BCUT2D eigenvalue weighted by molar-refractivity contribution is 5.97. The van der Waals surface area contributed by atoms with Crippen LogP contribution < -0.4 is 10.1 Å². The number of nitrogens with one attached hydrogen (secondary N) is 1. The van der Waals surface area contributed by atoms with Gasteiger partial charge in [0.25, 0.3) is 11.8 Å². The minimum Gasteiger partial charge on any atom is -0.483 e. The SMILES string of the molecule is CCCC(CNC(=O)c1ccccc1OCC(=O)N(C)C)C(=O)O. The van der Waals surface area contributed by atoms with E-state index in [1.807, 2.05) is 6.92 Å². The summed E-state index contributed by atoms with van der Waals surface area (Å²) in [6.07, 6.45) is 1.21. The van der Waals surface area contributed by atoms with E-state index < -0.39 is 17.8 Å². The standard InChI is InChI=1S/C17H24N2O5/c1-4-7-12(17(22)23)10-18-16(21)13-8-5-6-9-14(13)24-11-15(20)19(2)3/h5-6,8-9,12H,4,7,10-11H2,1-3H3,(H,18,21)(H,22,23). The Morgan fingerprint density at radius 3 is 2.50 bits per heavy atom. The van der Waals surface area contributed by atoms with Crippen molar-refractivity contribution in [3.05, 3.63) is 29.8 Å². The second-order valence-electron chi connectivity index (χ2n) is 5.61. The number of hydrogen-bond acceptors (Lipinski definition) is 4. The zero-order valence-electron chi connectivity index (χ0n) is 14.2. The molecule has 1 unspecified atom stereocenters. The summed E-state index contributed by atoms with van der Waals surface area (Å²) < 4.78 is 5.41. The van der Waals surface area contributed by atoms with Crippen molar-refractivity contribution in [3.63, 3.8) is 0 Å². The van der Waals surface area contributed by atoms with Crippen molar-refractivity contribution in [1.29, 1.82) is 0 Å². The van der Waals surface area contributed by atoms with Crippen LogP contribution >= 0.6 is 0 Å². The molecule has 0 aliphatic heterocycles. The lowest BCUT2D eigenvalue weighted by atomic mass is 10.0. The van der Waals surface area contributed by atoms with Crippen molar-refractivity contribution < 1.29 is 24.2 Å². The van der Waals surface area contributed by atoms with E-state index >= 15 is 0 Å². The number of aliphatic carboxylic acids is 1. The number of carboxylic acid groups (broad SMARTS) is 1. The highest BCUT2D eigenvalue weighted by Gasteiger charge is 2.19. The second-order valence-corrected chi connectivity index (χ2v) is 5.61. The molecule has 7 heteroatoms. The molecule has 2 amide bonds. The van der Waals surface area contributed by atoms with Gasteiger partial charge in [0.1, 0.15) is 5.75 Å². The first kappa shape index (κ1) is 19.5. The predicted molar refractivity (Wildman–Crippen MR) is 89.0 cm³/mol. The first-order valence-electron chi connectivity index (χ1n) is 7.79. The van der Waals surface area contributed by atoms with Crippen molar-refractivity contribution in [2.75, 3.05) is 27.2 Å². The van der Waals surface area contributed by atoms with Gasteiger partial charge in [-0.05, 0) is 18.6 Å². The number of carbonyl (C=O) groups excluding carboxylic acids is 2. The van der Waals surface area contributed by atoms with Gasteiger partial charge in [-0.3, -0.25) is 14.4 Å². The van der Waals surface area contributed by atoms with Crippen LogP contribution in [0.4, 0.5) is 0 Å². The number of likely N-dealkylation sites (N-methyl/N-ethyl adjacent to an activating group) is 1. The van der Waals surface area contributed by atoms with E-state index in [2.05, 4.69) is 5.32 Å². The van der Waals surface area contributed by atoms with Gasteiger partial charge in [0, 0.05) is 20.6 Å². The Hall–Kier alpha value is -2.57. The molecule has 0 aliphatic rings. The number of ether oxygens (including phenoxy) is 1. The summed E-state index contributed by atoms with van der Waals surface area (Å²) in [6.45, 7) is 1.76. The van der Waals surface area contributed by atoms with E-state index in [4.69, 9.17) is 9.84 Å². The van der Waals surface area contributed by atoms with Gasteiger partial charge in [0.15, 0.2) is 6.61 Å². The molecule has 7 nitrogen and oxygen atoms in total. The van der Waals surface area contributed by atoms with Crippen LogP contribution in [0.25, 0.3) is 0 Å². The molecule has 24 heavy (non-hydrogen) atoms. The summed E-state index contributed by atoms with van der Waals surface area (Å²) >= 11 is 0.